The van der Waals surface area contributed by atoms with Gasteiger partial charge in [-0.1, -0.05) is 53.6 Å². The number of carboxylic acids is 1. The first kappa shape index (κ1) is 27.6. The Labute approximate surface area is 227 Å². The number of hydrogen-bond donors (Lipinski definition) is 3. The van der Waals surface area contributed by atoms with E-state index in [2.05, 4.69) is 10.6 Å². The Bertz CT molecular complexity index is 1380. The molecule has 1 fully saturated rings. The highest BCUT2D eigenvalue weighted by Crippen LogP contribution is 2.27. The number of hydrogen-bond acceptors (Lipinski definition) is 5. The van der Waals surface area contributed by atoms with Gasteiger partial charge in [-0.3, -0.25) is 4.79 Å². The minimum absolute atomic E-state index is 0.0654. The minimum atomic E-state index is -3.89. The number of rotatable bonds is 10. The standard InChI is InChI=1S/C28H30ClN3O5S/c1-19-4-14-24(15-5-19)38(36,37)32-16-2-3-26(32)27(33)31-25(28(34)35)17-20-8-12-23(13-9-20)30-18-21-6-10-22(29)11-7-21/h4-15,25-26,30H,2-3,16-18H2,1H3,(H,31,33)(H,34,35)/t25-,26-/m0/s1. The number of halogens is 1. The van der Waals surface area contributed by atoms with Crippen LogP contribution >= 0.6 is 11.6 Å². The predicted molar refractivity (Wildman–Crippen MR) is 147 cm³/mol. The molecule has 3 aromatic carbocycles. The Morgan fingerprint density at radius 2 is 1.63 bits per heavy atom. The van der Waals surface area contributed by atoms with E-state index >= 15 is 0 Å². The van der Waals surface area contributed by atoms with Gasteiger partial charge in [0.15, 0.2) is 0 Å². The average molecular weight is 556 g/mol. The van der Waals surface area contributed by atoms with Gasteiger partial charge >= 0.3 is 5.97 Å². The first-order valence-corrected chi connectivity index (χ1v) is 14.1. The quantitative estimate of drug-likeness (QED) is 0.345. The van der Waals surface area contributed by atoms with Crippen molar-refractivity contribution in [3.8, 4) is 0 Å². The Kier molecular flexibility index (Phi) is 8.71. The molecule has 0 saturated carbocycles. The third-order valence-electron chi connectivity index (χ3n) is 6.55. The normalized spacial score (nSPS) is 16.6. The number of sulfonamides is 1. The number of amides is 1. The van der Waals surface area contributed by atoms with Crippen LogP contribution in [0.1, 0.15) is 29.5 Å². The number of nitrogens with one attached hydrogen (secondary N) is 2. The van der Waals surface area contributed by atoms with E-state index in [4.69, 9.17) is 11.6 Å². The van der Waals surface area contributed by atoms with Gasteiger partial charge in [0.25, 0.3) is 0 Å². The highest BCUT2D eigenvalue weighted by Gasteiger charge is 2.40. The summed E-state index contributed by atoms with van der Waals surface area (Å²) in [5.74, 6) is -1.79. The molecule has 1 saturated heterocycles. The van der Waals surface area contributed by atoms with Crippen LogP contribution in [0.4, 0.5) is 5.69 Å². The predicted octanol–water partition coefficient (Wildman–Crippen LogP) is 4.23. The van der Waals surface area contributed by atoms with Crippen LogP contribution in [-0.4, -0.2) is 48.3 Å². The van der Waals surface area contributed by atoms with Gasteiger partial charge < -0.3 is 15.7 Å². The van der Waals surface area contributed by atoms with Gasteiger partial charge in [0, 0.05) is 30.2 Å². The summed E-state index contributed by atoms with van der Waals surface area (Å²) >= 11 is 5.92. The maximum atomic E-state index is 13.2. The van der Waals surface area contributed by atoms with Crippen LogP contribution < -0.4 is 10.6 Å². The molecule has 0 aliphatic carbocycles. The lowest BCUT2D eigenvalue weighted by atomic mass is 10.0. The van der Waals surface area contributed by atoms with Crippen molar-refractivity contribution in [2.45, 2.75) is 49.7 Å². The first-order valence-electron chi connectivity index (χ1n) is 12.3. The summed E-state index contributed by atoms with van der Waals surface area (Å²) < 4.78 is 27.5. The highest BCUT2D eigenvalue weighted by atomic mass is 35.5. The molecule has 38 heavy (non-hydrogen) atoms. The van der Waals surface area contributed by atoms with Crippen molar-refractivity contribution in [3.05, 3.63) is 94.5 Å². The zero-order chi connectivity index (χ0) is 27.3. The Hall–Kier alpha value is -3.40. The highest BCUT2D eigenvalue weighted by molar-refractivity contribution is 7.89. The van der Waals surface area contributed by atoms with Gasteiger partial charge in [-0.15, -0.1) is 0 Å². The lowest BCUT2D eigenvalue weighted by Crippen LogP contribution is -2.51. The summed E-state index contributed by atoms with van der Waals surface area (Å²) in [7, 11) is -3.89. The number of nitrogens with zero attached hydrogens (tertiary/aromatic N) is 1. The second-order valence-electron chi connectivity index (χ2n) is 9.37. The lowest BCUT2D eigenvalue weighted by Gasteiger charge is -2.25. The summed E-state index contributed by atoms with van der Waals surface area (Å²) in [6.07, 6.45) is 0.915. The van der Waals surface area contributed by atoms with Crippen LogP contribution in [0.25, 0.3) is 0 Å². The fraction of sp³-hybridized carbons (Fsp3) is 0.286. The molecule has 8 nitrogen and oxygen atoms in total. The molecule has 3 N–H and O–H groups in total. The van der Waals surface area contributed by atoms with Crippen LogP contribution in [0.3, 0.4) is 0 Å². The molecule has 4 rings (SSSR count). The van der Waals surface area contributed by atoms with Crippen molar-refractivity contribution in [1.29, 1.82) is 0 Å². The molecular formula is C28H30ClN3O5S. The molecule has 1 aliphatic rings. The van der Waals surface area contributed by atoms with Crippen molar-refractivity contribution < 1.29 is 23.1 Å². The van der Waals surface area contributed by atoms with Gasteiger partial charge in [0.05, 0.1) is 4.90 Å². The first-order chi connectivity index (χ1) is 18.1. The van der Waals surface area contributed by atoms with Crippen molar-refractivity contribution in [2.24, 2.45) is 0 Å². The van der Waals surface area contributed by atoms with Crippen molar-refractivity contribution in [3.63, 3.8) is 0 Å². The maximum Gasteiger partial charge on any atom is 0.326 e. The number of carbonyl (C=O) groups is 2. The zero-order valence-electron chi connectivity index (χ0n) is 20.9. The molecule has 1 amide bonds. The molecule has 0 unspecified atom stereocenters. The zero-order valence-corrected chi connectivity index (χ0v) is 22.5. The second kappa shape index (κ2) is 12.0. The summed E-state index contributed by atoms with van der Waals surface area (Å²) in [5, 5.41) is 16.3. The van der Waals surface area contributed by atoms with Gasteiger partial charge in [0.2, 0.25) is 15.9 Å². The fourth-order valence-corrected chi connectivity index (χ4v) is 6.19. The van der Waals surface area contributed by atoms with Crippen molar-refractivity contribution >= 4 is 39.2 Å². The van der Waals surface area contributed by atoms with E-state index in [1.807, 2.05) is 43.3 Å². The van der Waals surface area contributed by atoms with Gasteiger partial charge in [-0.25, -0.2) is 13.2 Å². The molecular weight excluding hydrogens is 526 g/mol. The maximum absolute atomic E-state index is 13.2. The topological polar surface area (TPSA) is 116 Å². The van der Waals surface area contributed by atoms with Gasteiger partial charge in [-0.05, 0) is 67.3 Å². The van der Waals surface area contributed by atoms with E-state index in [9.17, 15) is 23.1 Å². The Morgan fingerprint density at radius 1 is 1.00 bits per heavy atom. The van der Waals surface area contributed by atoms with E-state index in [1.165, 1.54) is 16.4 Å². The average Bonchev–Trinajstić information content (AvgIpc) is 3.40. The van der Waals surface area contributed by atoms with Gasteiger partial charge in [-0.2, -0.15) is 4.31 Å². The van der Waals surface area contributed by atoms with Crippen LogP contribution in [0.2, 0.25) is 5.02 Å². The molecule has 0 bridgehead atoms. The van der Waals surface area contributed by atoms with Crippen LogP contribution in [0.5, 0.6) is 0 Å². The monoisotopic (exact) mass is 555 g/mol. The van der Waals surface area contributed by atoms with Crippen LogP contribution in [0, 0.1) is 6.92 Å². The summed E-state index contributed by atoms with van der Waals surface area (Å²) in [6.45, 7) is 2.67. The molecule has 200 valence electrons. The van der Waals surface area contributed by atoms with Crippen molar-refractivity contribution in [2.75, 3.05) is 11.9 Å². The molecule has 0 spiro atoms. The second-order valence-corrected chi connectivity index (χ2v) is 11.7. The Morgan fingerprint density at radius 3 is 2.26 bits per heavy atom. The van der Waals surface area contributed by atoms with E-state index in [1.54, 1.807) is 24.3 Å². The van der Waals surface area contributed by atoms with Crippen molar-refractivity contribution in [1.82, 2.24) is 9.62 Å². The largest absolute Gasteiger partial charge is 0.480 e. The molecule has 1 heterocycles. The van der Waals surface area contributed by atoms with Crippen LogP contribution in [0.15, 0.2) is 77.7 Å². The van der Waals surface area contributed by atoms with E-state index in [-0.39, 0.29) is 17.9 Å². The SMILES string of the molecule is Cc1ccc(S(=O)(=O)N2CCC[C@H]2C(=O)N[C@@H](Cc2ccc(NCc3ccc(Cl)cc3)cc2)C(=O)O)cc1. The number of carbonyl (C=O) groups excluding carboxylic acids is 1. The molecule has 1 aliphatic heterocycles. The smallest absolute Gasteiger partial charge is 0.326 e. The summed E-state index contributed by atoms with van der Waals surface area (Å²) in [5.41, 5.74) is 3.58. The molecule has 10 heteroatoms. The number of aliphatic carboxylic acids is 1. The number of anilines is 1. The summed E-state index contributed by atoms with van der Waals surface area (Å²) in [6, 6.07) is 19.1. The van der Waals surface area contributed by atoms with Crippen LogP contribution in [-0.2, 0) is 32.6 Å². The van der Waals surface area contributed by atoms with E-state index in [0.29, 0.717) is 24.4 Å². The Balaban J connectivity index is 1.38. The lowest BCUT2D eigenvalue weighted by molar-refractivity contribution is -0.142. The third kappa shape index (κ3) is 6.72. The minimum Gasteiger partial charge on any atom is -0.480 e. The number of benzene rings is 3. The fourth-order valence-electron chi connectivity index (χ4n) is 4.40. The molecule has 2 atom stereocenters. The summed E-state index contributed by atoms with van der Waals surface area (Å²) in [4.78, 5) is 25.2. The molecule has 3 aromatic rings. The third-order valence-corrected chi connectivity index (χ3v) is 8.73. The number of carboxylic acid groups (broad SMARTS) is 1. The van der Waals surface area contributed by atoms with Gasteiger partial charge in [0.1, 0.15) is 12.1 Å². The van der Waals surface area contributed by atoms with E-state index < -0.39 is 34.0 Å². The molecule has 0 radical (unpaired) electrons. The number of aryl methyl sites for hydroxylation is 1. The molecule has 0 aromatic heterocycles. The van der Waals surface area contributed by atoms with E-state index in [0.717, 1.165) is 22.4 Å².